The van der Waals surface area contributed by atoms with Crippen molar-refractivity contribution in [1.29, 1.82) is 0 Å². The van der Waals surface area contributed by atoms with E-state index in [0.717, 1.165) is 30.4 Å². The van der Waals surface area contributed by atoms with Crippen LogP contribution in [0.2, 0.25) is 0 Å². The Morgan fingerprint density at radius 3 is 2.86 bits per heavy atom. The minimum absolute atomic E-state index is 0. The molecule has 0 saturated heterocycles. The van der Waals surface area contributed by atoms with Crippen molar-refractivity contribution in [2.75, 3.05) is 6.54 Å². The summed E-state index contributed by atoms with van der Waals surface area (Å²) in [5.74, 6) is -0.161. The number of rotatable bonds is 5. The van der Waals surface area contributed by atoms with Gasteiger partial charge in [0, 0.05) is 12.5 Å². The third-order valence-corrected chi connectivity index (χ3v) is 3.77. The van der Waals surface area contributed by atoms with Gasteiger partial charge in [0.15, 0.2) is 0 Å². The number of hydrogen-bond donors (Lipinski definition) is 2. The van der Waals surface area contributed by atoms with Crippen LogP contribution in [0.5, 0.6) is 5.75 Å². The Kier molecular flexibility index (Phi) is 7.03. The number of fused-ring (bicyclic) bond motifs is 1. The molecule has 1 aliphatic rings. The van der Waals surface area contributed by atoms with Gasteiger partial charge < -0.3 is 15.8 Å². The first-order valence-electron chi connectivity index (χ1n) is 7.09. The van der Waals surface area contributed by atoms with E-state index in [9.17, 15) is 13.6 Å². The lowest BCUT2D eigenvalue weighted by Gasteiger charge is -2.27. The van der Waals surface area contributed by atoms with Gasteiger partial charge in [-0.05, 0) is 42.5 Å². The Balaban J connectivity index is 0.00000242. The van der Waals surface area contributed by atoms with Crippen LogP contribution >= 0.6 is 12.4 Å². The quantitative estimate of drug-likeness (QED) is 0.870. The fourth-order valence-electron chi connectivity index (χ4n) is 2.54. The van der Waals surface area contributed by atoms with Crippen LogP contribution < -0.4 is 15.8 Å². The lowest BCUT2D eigenvalue weighted by atomic mass is 9.87. The van der Waals surface area contributed by atoms with Crippen LogP contribution in [0.4, 0.5) is 8.78 Å². The van der Waals surface area contributed by atoms with Crippen LogP contribution in [0.1, 0.15) is 36.9 Å². The van der Waals surface area contributed by atoms with Crippen molar-refractivity contribution in [3.63, 3.8) is 0 Å². The van der Waals surface area contributed by atoms with Gasteiger partial charge in [-0.15, -0.1) is 12.4 Å². The minimum Gasteiger partial charge on any atom is -0.435 e. The average molecular weight is 335 g/mol. The number of nitrogens with one attached hydrogen (secondary N) is 1. The summed E-state index contributed by atoms with van der Waals surface area (Å²) in [4.78, 5) is 11.9. The first-order chi connectivity index (χ1) is 10.0. The van der Waals surface area contributed by atoms with E-state index in [-0.39, 0.29) is 36.0 Å². The summed E-state index contributed by atoms with van der Waals surface area (Å²) in [6.45, 7) is -0.752. The van der Waals surface area contributed by atoms with Gasteiger partial charge >= 0.3 is 6.61 Å². The van der Waals surface area contributed by atoms with E-state index in [1.54, 1.807) is 19.1 Å². The minimum atomic E-state index is -2.83. The predicted octanol–water partition coefficient (Wildman–Crippen LogP) is 2.80. The van der Waals surface area contributed by atoms with Gasteiger partial charge in [-0.2, -0.15) is 8.78 Å². The maximum absolute atomic E-state index is 12.2. The van der Waals surface area contributed by atoms with Gasteiger partial charge in [0.05, 0.1) is 6.04 Å². The largest absolute Gasteiger partial charge is 0.435 e. The number of hydrogen-bond acceptors (Lipinski definition) is 3. The summed E-state index contributed by atoms with van der Waals surface area (Å²) in [6.07, 6.45) is 2.53. The summed E-state index contributed by atoms with van der Waals surface area (Å²) in [7, 11) is 0. The zero-order chi connectivity index (χ0) is 15.4. The molecule has 4 nitrogen and oxygen atoms in total. The molecule has 0 bridgehead atoms. The molecule has 3 N–H and O–H groups in total. The summed E-state index contributed by atoms with van der Waals surface area (Å²) >= 11 is 0. The Morgan fingerprint density at radius 1 is 1.50 bits per heavy atom. The Labute approximate surface area is 134 Å². The van der Waals surface area contributed by atoms with E-state index in [1.807, 2.05) is 0 Å². The second kappa shape index (κ2) is 8.29. The molecular weight excluding hydrogens is 314 g/mol. The van der Waals surface area contributed by atoms with E-state index in [2.05, 4.69) is 10.1 Å². The number of carbonyl (C=O) groups excluding carboxylic acids is 1. The molecule has 0 aliphatic heterocycles. The van der Waals surface area contributed by atoms with E-state index in [0.29, 0.717) is 6.54 Å². The van der Waals surface area contributed by atoms with Crippen molar-refractivity contribution < 1.29 is 18.3 Å². The Morgan fingerprint density at radius 2 is 2.23 bits per heavy atom. The van der Waals surface area contributed by atoms with Crippen molar-refractivity contribution in [2.45, 2.75) is 38.8 Å². The molecule has 1 amide bonds. The standard InChI is InChI=1S/C15H20F2N2O2.ClH/c1-9(8-18)14(20)19-13-4-2-3-10-7-11(21-15(16)17)5-6-12(10)13;/h5-7,9,13,15H,2-4,8,18H2,1H3,(H,19,20);1H. The molecule has 22 heavy (non-hydrogen) atoms. The molecule has 2 unspecified atom stereocenters. The highest BCUT2D eigenvalue weighted by molar-refractivity contribution is 5.85. The number of benzene rings is 1. The topological polar surface area (TPSA) is 64.4 Å². The summed E-state index contributed by atoms with van der Waals surface area (Å²) < 4.78 is 28.9. The summed E-state index contributed by atoms with van der Waals surface area (Å²) in [5, 5.41) is 2.98. The number of nitrogens with two attached hydrogens (primary N) is 1. The number of halogens is 3. The highest BCUT2D eigenvalue weighted by Crippen LogP contribution is 2.32. The van der Waals surface area contributed by atoms with Crippen LogP contribution in [-0.2, 0) is 11.2 Å². The molecule has 2 rings (SSSR count). The molecule has 0 fully saturated rings. The van der Waals surface area contributed by atoms with Crippen LogP contribution in [0.3, 0.4) is 0 Å². The van der Waals surface area contributed by atoms with E-state index < -0.39 is 6.61 Å². The van der Waals surface area contributed by atoms with E-state index in [4.69, 9.17) is 5.73 Å². The Bertz CT molecular complexity index is 514. The summed E-state index contributed by atoms with van der Waals surface area (Å²) in [5.41, 5.74) is 7.41. The number of alkyl halides is 2. The Hall–Kier alpha value is -1.40. The second-order valence-corrected chi connectivity index (χ2v) is 5.33. The van der Waals surface area contributed by atoms with Gasteiger partial charge in [0.25, 0.3) is 0 Å². The van der Waals surface area contributed by atoms with Crippen molar-refractivity contribution in [3.05, 3.63) is 29.3 Å². The van der Waals surface area contributed by atoms with Crippen LogP contribution in [0.25, 0.3) is 0 Å². The van der Waals surface area contributed by atoms with Gasteiger partial charge in [0.1, 0.15) is 5.75 Å². The first-order valence-corrected chi connectivity index (χ1v) is 7.09. The molecule has 124 valence electrons. The monoisotopic (exact) mass is 334 g/mol. The van der Waals surface area contributed by atoms with Crippen LogP contribution in [0.15, 0.2) is 18.2 Å². The van der Waals surface area contributed by atoms with E-state index >= 15 is 0 Å². The maximum atomic E-state index is 12.2. The number of amides is 1. The van der Waals surface area contributed by atoms with Gasteiger partial charge in [-0.25, -0.2) is 0 Å². The SMILES string of the molecule is CC(CN)C(=O)NC1CCCc2cc(OC(F)F)ccc21.Cl. The molecule has 0 saturated carbocycles. The molecular formula is C15H21ClF2N2O2. The highest BCUT2D eigenvalue weighted by atomic mass is 35.5. The fourth-order valence-corrected chi connectivity index (χ4v) is 2.54. The van der Waals surface area contributed by atoms with Crippen LogP contribution in [0, 0.1) is 5.92 Å². The number of ether oxygens (including phenoxy) is 1. The van der Waals surface area contributed by atoms with Gasteiger partial charge in [-0.3, -0.25) is 4.79 Å². The third-order valence-electron chi connectivity index (χ3n) is 3.77. The zero-order valence-corrected chi connectivity index (χ0v) is 13.2. The van der Waals surface area contributed by atoms with Crippen molar-refractivity contribution in [1.82, 2.24) is 5.32 Å². The first kappa shape index (κ1) is 18.6. The molecule has 7 heteroatoms. The molecule has 0 spiro atoms. The maximum Gasteiger partial charge on any atom is 0.387 e. The molecule has 1 aromatic carbocycles. The smallest absolute Gasteiger partial charge is 0.387 e. The molecule has 1 aromatic rings. The normalized spacial score (nSPS) is 18.1. The van der Waals surface area contributed by atoms with Gasteiger partial charge in [0.2, 0.25) is 5.91 Å². The van der Waals surface area contributed by atoms with Crippen molar-refractivity contribution >= 4 is 18.3 Å². The average Bonchev–Trinajstić information content (AvgIpc) is 2.45. The molecule has 2 atom stereocenters. The fraction of sp³-hybridized carbons (Fsp3) is 0.533. The van der Waals surface area contributed by atoms with E-state index in [1.165, 1.54) is 6.07 Å². The summed E-state index contributed by atoms with van der Waals surface area (Å²) in [6, 6.07) is 4.81. The van der Waals surface area contributed by atoms with Crippen molar-refractivity contribution in [3.8, 4) is 5.75 Å². The molecule has 0 aromatic heterocycles. The lowest BCUT2D eigenvalue weighted by Crippen LogP contribution is -2.37. The molecule has 0 heterocycles. The third kappa shape index (κ3) is 4.55. The molecule has 1 aliphatic carbocycles. The van der Waals surface area contributed by atoms with Crippen molar-refractivity contribution in [2.24, 2.45) is 11.7 Å². The van der Waals surface area contributed by atoms with Gasteiger partial charge in [-0.1, -0.05) is 13.0 Å². The lowest BCUT2D eigenvalue weighted by molar-refractivity contribution is -0.125. The second-order valence-electron chi connectivity index (χ2n) is 5.33. The predicted molar refractivity (Wildman–Crippen MR) is 82.4 cm³/mol. The zero-order valence-electron chi connectivity index (χ0n) is 12.4. The number of aryl methyl sites for hydroxylation is 1. The molecule has 0 radical (unpaired) electrons. The number of carbonyl (C=O) groups is 1. The highest BCUT2D eigenvalue weighted by Gasteiger charge is 2.24. The van der Waals surface area contributed by atoms with Crippen LogP contribution in [-0.4, -0.2) is 19.1 Å².